The van der Waals surface area contributed by atoms with E-state index in [-0.39, 0.29) is 30.2 Å². The molecule has 0 bridgehead atoms. The normalized spacial score (nSPS) is 11.8. The van der Waals surface area contributed by atoms with Crippen molar-refractivity contribution in [3.63, 3.8) is 0 Å². The number of nitrogens with zero attached hydrogens (tertiary/aromatic N) is 1. The fourth-order valence-electron chi connectivity index (χ4n) is 3.51. The summed E-state index contributed by atoms with van der Waals surface area (Å²) >= 11 is 13.8. The lowest BCUT2D eigenvalue weighted by molar-refractivity contribution is -0.139. The van der Waals surface area contributed by atoms with Crippen LogP contribution in [0.4, 0.5) is 0 Å². The van der Waals surface area contributed by atoms with E-state index in [0.717, 1.165) is 16.0 Å². The van der Waals surface area contributed by atoms with Crippen LogP contribution >= 0.6 is 35.0 Å². The smallest absolute Gasteiger partial charge is 0.243 e. The Morgan fingerprint density at radius 3 is 2.15 bits per heavy atom. The van der Waals surface area contributed by atoms with Gasteiger partial charge in [-0.2, -0.15) is 0 Å². The van der Waals surface area contributed by atoms with Crippen LogP contribution in [0.5, 0.6) is 0 Å². The molecule has 0 aliphatic carbocycles. The Labute approximate surface area is 215 Å². The van der Waals surface area contributed by atoms with Crippen LogP contribution in [-0.4, -0.2) is 34.6 Å². The Morgan fingerprint density at radius 2 is 1.53 bits per heavy atom. The molecule has 0 fully saturated rings. The average Bonchev–Trinajstić information content (AvgIpc) is 2.83. The zero-order chi connectivity index (χ0) is 24.5. The number of halogens is 2. The molecule has 1 N–H and O–H groups in total. The summed E-state index contributed by atoms with van der Waals surface area (Å²) < 4.78 is 0. The van der Waals surface area contributed by atoms with Crippen LogP contribution in [0.15, 0.2) is 83.8 Å². The Hall–Kier alpha value is -2.47. The fourth-order valence-corrected chi connectivity index (χ4v) is 4.64. The van der Waals surface area contributed by atoms with E-state index in [1.54, 1.807) is 17.0 Å². The van der Waals surface area contributed by atoms with Gasteiger partial charge in [-0.3, -0.25) is 9.59 Å². The Kier molecular flexibility index (Phi) is 9.87. The van der Waals surface area contributed by atoms with Crippen LogP contribution in [0, 0.1) is 0 Å². The third-order valence-corrected chi connectivity index (χ3v) is 6.88. The van der Waals surface area contributed by atoms with E-state index in [4.69, 9.17) is 23.2 Å². The van der Waals surface area contributed by atoms with E-state index in [1.165, 1.54) is 11.8 Å². The average molecular weight is 516 g/mol. The highest BCUT2D eigenvalue weighted by Gasteiger charge is 2.30. The van der Waals surface area contributed by atoms with E-state index < -0.39 is 6.04 Å². The predicted octanol–water partition coefficient (Wildman–Crippen LogP) is 6.25. The summed E-state index contributed by atoms with van der Waals surface area (Å²) in [7, 11) is 0. The van der Waals surface area contributed by atoms with Gasteiger partial charge in [0.1, 0.15) is 6.04 Å². The van der Waals surface area contributed by atoms with E-state index in [0.29, 0.717) is 16.5 Å². The van der Waals surface area contributed by atoms with Gasteiger partial charge in [-0.25, -0.2) is 0 Å². The maximum atomic E-state index is 13.6. The molecule has 0 heterocycles. The molecule has 34 heavy (non-hydrogen) atoms. The molecule has 2 amide bonds. The van der Waals surface area contributed by atoms with Crippen molar-refractivity contribution in [2.75, 3.05) is 5.75 Å². The first-order valence-electron chi connectivity index (χ1n) is 11.1. The molecule has 1 atom stereocenters. The molecular formula is C27H28Cl2N2O2S. The first-order valence-corrected chi connectivity index (χ1v) is 12.8. The summed E-state index contributed by atoms with van der Waals surface area (Å²) in [5.74, 6) is -0.0947. The molecule has 178 valence electrons. The van der Waals surface area contributed by atoms with Gasteiger partial charge < -0.3 is 10.2 Å². The van der Waals surface area contributed by atoms with Gasteiger partial charge in [-0.05, 0) is 49.2 Å². The molecule has 4 nitrogen and oxygen atoms in total. The summed E-state index contributed by atoms with van der Waals surface area (Å²) in [4.78, 5) is 29.5. The molecule has 0 radical (unpaired) electrons. The molecule has 3 aromatic rings. The summed E-state index contributed by atoms with van der Waals surface area (Å²) in [6.07, 6.45) is 0.405. The zero-order valence-corrected chi connectivity index (χ0v) is 21.5. The number of rotatable bonds is 10. The maximum absolute atomic E-state index is 13.6. The fraction of sp³-hybridized carbons (Fsp3) is 0.259. The van der Waals surface area contributed by atoms with Gasteiger partial charge in [-0.15, -0.1) is 11.8 Å². The van der Waals surface area contributed by atoms with Gasteiger partial charge >= 0.3 is 0 Å². The van der Waals surface area contributed by atoms with E-state index in [9.17, 15) is 9.59 Å². The Balaban J connectivity index is 1.92. The second-order valence-corrected chi connectivity index (χ2v) is 10.1. The van der Waals surface area contributed by atoms with Crippen LogP contribution in [0.1, 0.15) is 25.0 Å². The van der Waals surface area contributed by atoms with Gasteiger partial charge in [-0.1, -0.05) is 77.8 Å². The van der Waals surface area contributed by atoms with Crippen LogP contribution in [0.3, 0.4) is 0 Å². The van der Waals surface area contributed by atoms with Gasteiger partial charge in [0.25, 0.3) is 0 Å². The van der Waals surface area contributed by atoms with Gasteiger partial charge in [0.2, 0.25) is 11.8 Å². The minimum atomic E-state index is -0.678. The summed E-state index contributed by atoms with van der Waals surface area (Å²) in [6.45, 7) is 4.07. The Morgan fingerprint density at radius 1 is 0.882 bits per heavy atom. The summed E-state index contributed by atoms with van der Waals surface area (Å²) in [5, 5.41) is 3.85. The number of hydrogen-bond donors (Lipinski definition) is 1. The molecular weight excluding hydrogens is 487 g/mol. The zero-order valence-electron chi connectivity index (χ0n) is 19.2. The highest BCUT2D eigenvalue weighted by Crippen LogP contribution is 2.25. The van der Waals surface area contributed by atoms with Gasteiger partial charge in [0, 0.05) is 23.9 Å². The van der Waals surface area contributed by atoms with E-state index in [1.807, 2.05) is 80.6 Å². The number of carbonyl (C=O) groups is 2. The lowest BCUT2D eigenvalue weighted by atomic mass is 10.0. The molecule has 0 spiro atoms. The van der Waals surface area contributed by atoms with Crippen LogP contribution in [0.25, 0.3) is 0 Å². The van der Waals surface area contributed by atoms with Crippen LogP contribution < -0.4 is 5.32 Å². The first kappa shape index (κ1) is 26.1. The van der Waals surface area contributed by atoms with Gasteiger partial charge in [0.15, 0.2) is 0 Å². The monoisotopic (exact) mass is 514 g/mol. The first-order chi connectivity index (χ1) is 16.3. The number of nitrogens with one attached hydrogen (secondary N) is 1. The van der Waals surface area contributed by atoms with Crippen LogP contribution in [-0.2, 0) is 22.6 Å². The largest absolute Gasteiger partial charge is 0.352 e. The molecule has 0 aliphatic heterocycles. The predicted molar refractivity (Wildman–Crippen MR) is 141 cm³/mol. The van der Waals surface area contributed by atoms with E-state index >= 15 is 0 Å². The van der Waals surface area contributed by atoms with E-state index in [2.05, 4.69) is 5.32 Å². The second-order valence-electron chi connectivity index (χ2n) is 8.24. The highest BCUT2D eigenvalue weighted by atomic mass is 35.5. The van der Waals surface area contributed by atoms with Crippen molar-refractivity contribution in [2.24, 2.45) is 0 Å². The number of benzene rings is 3. The SMILES string of the molecule is CC(C)NC(=O)[C@@H](Cc1ccccc1)N(Cc1ccc(Cl)c(Cl)c1)C(=O)CSc1ccccc1. The molecule has 0 aromatic heterocycles. The second kappa shape index (κ2) is 12.8. The molecule has 0 aliphatic rings. The molecule has 0 saturated heterocycles. The molecule has 3 aromatic carbocycles. The minimum absolute atomic E-state index is 0.0496. The van der Waals surface area contributed by atoms with Crippen molar-refractivity contribution in [3.05, 3.63) is 100 Å². The number of carbonyl (C=O) groups excluding carboxylic acids is 2. The van der Waals surface area contributed by atoms with Crippen molar-refractivity contribution in [2.45, 2.75) is 43.8 Å². The number of hydrogen-bond acceptors (Lipinski definition) is 3. The van der Waals surface area contributed by atoms with Gasteiger partial charge in [0.05, 0.1) is 15.8 Å². The molecule has 0 unspecified atom stereocenters. The standard InChI is InChI=1S/C27H28Cl2N2O2S/c1-19(2)30-27(33)25(16-20-9-5-3-6-10-20)31(17-21-13-14-23(28)24(29)15-21)26(32)18-34-22-11-7-4-8-12-22/h3-15,19,25H,16-18H2,1-2H3,(H,30,33)/t25-/m1/s1. The highest BCUT2D eigenvalue weighted by molar-refractivity contribution is 8.00. The lowest BCUT2D eigenvalue weighted by Gasteiger charge is -2.32. The Bertz CT molecular complexity index is 1090. The quantitative estimate of drug-likeness (QED) is 0.325. The lowest BCUT2D eigenvalue weighted by Crippen LogP contribution is -2.52. The maximum Gasteiger partial charge on any atom is 0.243 e. The summed E-state index contributed by atoms with van der Waals surface area (Å²) in [5.41, 5.74) is 1.79. The van der Waals surface area contributed by atoms with Crippen molar-refractivity contribution in [1.82, 2.24) is 10.2 Å². The van der Waals surface area contributed by atoms with Crippen molar-refractivity contribution >= 4 is 46.8 Å². The van der Waals surface area contributed by atoms with Crippen LogP contribution in [0.2, 0.25) is 10.0 Å². The molecule has 3 rings (SSSR count). The topological polar surface area (TPSA) is 49.4 Å². The number of amides is 2. The summed E-state index contributed by atoms with van der Waals surface area (Å²) in [6, 6.07) is 24.0. The third-order valence-electron chi connectivity index (χ3n) is 5.14. The van der Waals surface area contributed by atoms with Crippen molar-refractivity contribution in [3.8, 4) is 0 Å². The van der Waals surface area contributed by atoms with Crippen molar-refractivity contribution < 1.29 is 9.59 Å². The molecule has 0 saturated carbocycles. The molecule has 7 heteroatoms. The number of thioether (sulfide) groups is 1. The van der Waals surface area contributed by atoms with Crippen molar-refractivity contribution in [1.29, 1.82) is 0 Å². The minimum Gasteiger partial charge on any atom is -0.352 e. The third kappa shape index (κ3) is 7.79.